The Labute approximate surface area is 184 Å². The average molecular weight is 435 g/mol. The summed E-state index contributed by atoms with van der Waals surface area (Å²) in [5.41, 5.74) is 0.290. The minimum absolute atomic E-state index is 0.0944. The molecule has 0 aromatic heterocycles. The second kappa shape index (κ2) is 11.1. The first-order valence-corrected chi connectivity index (χ1v) is 11.1. The van der Waals surface area contributed by atoms with Crippen LogP contribution in [0.4, 0.5) is 0 Å². The lowest BCUT2D eigenvalue weighted by Gasteiger charge is -2.31. The zero-order valence-corrected chi connectivity index (χ0v) is 18.7. The molecule has 2 fully saturated rings. The first kappa shape index (κ1) is 23.7. The number of methoxy groups -OCH3 is 1. The highest BCUT2D eigenvalue weighted by molar-refractivity contribution is 5.77. The number of hydrogen-bond acceptors (Lipinski definition) is 7. The van der Waals surface area contributed by atoms with Crippen LogP contribution in [0.15, 0.2) is 30.3 Å². The number of benzene rings is 1. The van der Waals surface area contributed by atoms with Gasteiger partial charge < -0.3 is 23.7 Å². The van der Waals surface area contributed by atoms with E-state index in [2.05, 4.69) is 0 Å². The molecule has 7 heteroatoms. The van der Waals surface area contributed by atoms with Gasteiger partial charge in [0.1, 0.15) is 0 Å². The molecule has 1 saturated heterocycles. The molecule has 5 atom stereocenters. The van der Waals surface area contributed by atoms with Gasteiger partial charge >= 0.3 is 11.9 Å². The first-order valence-electron chi connectivity index (χ1n) is 11.1. The van der Waals surface area contributed by atoms with Crippen molar-refractivity contribution < 1.29 is 33.3 Å². The molecule has 3 rings (SSSR count). The van der Waals surface area contributed by atoms with Crippen LogP contribution in [0.2, 0.25) is 0 Å². The molecule has 7 nitrogen and oxygen atoms in total. The van der Waals surface area contributed by atoms with Crippen LogP contribution < -0.4 is 0 Å². The third kappa shape index (κ3) is 6.05. The zero-order valence-electron chi connectivity index (χ0n) is 18.7. The van der Waals surface area contributed by atoms with Gasteiger partial charge in [-0.3, -0.25) is 9.59 Å². The number of carbonyl (C=O) groups is 2. The van der Waals surface area contributed by atoms with Crippen LogP contribution in [-0.4, -0.2) is 50.8 Å². The van der Waals surface area contributed by atoms with E-state index in [-0.39, 0.29) is 18.7 Å². The lowest BCUT2D eigenvalue weighted by atomic mass is 9.76. The molecule has 172 valence electrons. The molecule has 0 amide bonds. The molecular weight excluding hydrogens is 400 g/mol. The second-order valence-electron chi connectivity index (χ2n) is 8.57. The normalized spacial score (nSPS) is 30.7. The van der Waals surface area contributed by atoms with E-state index in [4.69, 9.17) is 23.7 Å². The number of rotatable bonds is 9. The number of esters is 2. The molecule has 2 aliphatic rings. The molecule has 0 spiro atoms. The van der Waals surface area contributed by atoms with E-state index in [0.29, 0.717) is 26.2 Å². The van der Waals surface area contributed by atoms with Crippen molar-refractivity contribution in [2.24, 2.45) is 11.3 Å². The predicted octanol–water partition coefficient (Wildman–Crippen LogP) is 3.64. The molecule has 1 aliphatic carbocycles. The summed E-state index contributed by atoms with van der Waals surface area (Å²) in [6.07, 6.45) is 2.15. The zero-order chi connectivity index (χ0) is 22.3. The van der Waals surface area contributed by atoms with Crippen molar-refractivity contribution in [2.45, 2.75) is 71.1 Å². The Morgan fingerprint density at radius 2 is 1.97 bits per heavy atom. The van der Waals surface area contributed by atoms with Gasteiger partial charge in [0, 0.05) is 6.61 Å². The molecule has 1 aromatic carbocycles. The average Bonchev–Trinajstić information content (AvgIpc) is 3.03. The molecule has 1 saturated carbocycles. The molecule has 31 heavy (non-hydrogen) atoms. The van der Waals surface area contributed by atoms with Gasteiger partial charge in [-0.15, -0.1) is 0 Å². The predicted molar refractivity (Wildman–Crippen MR) is 113 cm³/mol. The fourth-order valence-corrected chi connectivity index (χ4v) is 4.69. The van der Waals surface area contributed by atoms with Gasteiger partial charge in [0.2, 0.25) is 0 Å². The highest BCUT2D eigenvalue weighted by atomic mass is 16.7. The monoisotopic (exact) mass is 434 g/mol. The third-order valence-corrected chi connectivity index (χ3v) is 6.17. The SMILES string of the molecule is CCOC(=O)C[C@@]1(C)C[C@@H](OC2CCCCO2)[C@@H](OCc2ccccc2)[C@H]1C(=O)OC. The van der Waals surface area contributed by atoms with Crippen LogP contribution in [0.3, 0.4) is 0 Å². The van der Waals surface area contributed by atoms with E-state index in [9.17, 15) is 9.59 Å². The first-order chi connectivity index (χ1) is 15.0. The van der Waals surface area contributed by atoms with E-state index < -0.39 is 29.5 Å². The Hall–Kier alpha value is -1.96. The fourth-order valence-electron chi connectivity index (χ4n) is 4.69. The van der Waals surface area contributed by atoms with Gasteiger partial charge in [-0.1, -0.05) is 37.3 Å². The molecule has 0 N–H and O–H groups in total. The van der Waals surface area contributed by atoms with E-state index in [0.717, 1.165) is 24.8 Å². The van der Waals surface area contributed by atoms with Crippen molar-refractivity contribution in [1.29, 1.82) is 0 Å². The molecule has 1 unspecified atom stereocenters. The van der Waals surface area contributed by atoms with Crippen LogP contribution in [0.5, 0.6) is 0 Å². The van der Waals surface area contributed by atoms with Gasteiger partial charge in [-0.25, -0.2) is 0 Å². The summed E-state index contributed by atoms with van der Waals surface area (Å²) in [6.45, 7) is 4.97. The van der Waals surface area contributed by atoms with E-state index >= 15 is 0 Å². The van der Waals surface area contributed by atoms with Crippen LogP contribution in [0, 0.1) is 11.3 Å². The van der Waals surface area contributed by atoms with Crippen LogP contribution in [0.1, 0.15) is 51.5 Å². The Morgan fingerprint density at radius 1 is 1.19 bits per heavy atom. The van der Waals surface area contributed by atoms with Crippen molar-refractivity contribution in [2.75, 3.05) is 20.3 Å². The maximum absolute atomic E-state index is 12.9. The highest BCUT2D eigenvalue weighted by Gasteiger charge is 2.57. The maximum Gasteiger partial charge on any atom is 0.311 e. The van der Waals surface area contributed by atoms with Crippen molar-refractivity contribution in [3.8, 4) is 0 Å². The number of carbonyl (C=O) groups excluding carboxylic acids is 2. The van der Waals surface area contributed by atoms with Gasteiger partial charge in [-0.2, -0.15) is 0 Å². The Bertz CT molecular complexity index is 716. The van der Waals surface area contributed by atoms with Gasteiger partial charge in [-0.05, 0) is 43.6 Å². The fraction of sp³-hybridized carbons (Fsp3) is 0.667. The van der Waals surface area contributed by atoms with Gasteiger partial charge in [0.05, 0.1) is 44.9 Å². The highest BCUT2D eigenvalue weighted by Crippen LogP contribution is 2.50. The quantitative estimate of drug-likeness (QED) is 0.549. The lowest BCUT2D eigenvalue weighted by Crippen LogP contribution is -2.41. The topological polar surface area (TPSA) is 80.3 Å². The number of ether oxygens (including phenoxy) is 5. The summed E-state index contributed by atoms with van der Waals surface area (Å²) in [5, 5.41) is 0. The summed E-state index contributed by atoms with van der Waals surface area (Å²) in [6, 6.07) is 9.78. The molecule has 1 aromatic rings. The van der Waals surface area contributed by atoms with Crippen LogP contribution in [-0.2, 0) is 39.9 Å². The Kier molecular flexibility index (Phi) is 8.46. The van der Waals surface area contributed by atoms with Gasteiger partial charge in [0.25, 0.3) is 0 Å². The summed E-state index contributed by atoms with van der Waals surface area (Å²) in [4.78, 5) is 25.3. The van der Waals surface area contributed by atoms with Crippen LogP contribution in [0.25, 0.3) is 0 Å². The third-order valence-electron chi connectivity index (χ3n) is 6.17. The summed E-state index contributed by atoms with van der Waals surface area (Å²) >= 11 is 0. The van der Waals surface area contributed by atoms with Crippen molar-refractivity contribution in [3.63, 3.8) is 0 Å². The second-order valence-corrected chi connectivity index (χ2v) is 8.57. The van der Waals surface area contributed by atoms with Gasteiger partial charge in [0.15, 0.2) is 6.29 Å². The number of hydrogen-bond donors (Lipinski definition) is 0. The minimum Gasteiger partial charge on any atom is -0.469 e. The smallest absolute Gasteiger partial charge is 0.311 e. The lowest BCUT2D eigenvalue weighted by molar-refractivity contribution is -0.211. The van der Waals surface area contributed by atoms with E-state index in [1.165, 1.54) is 7.11 Å². The molecule has 1 heterocycles. The van der Waals surface area contributed by atoms with Crippen molar-refractivity contribution in [3.05, 3.63) is 35.9 Å². The van der Waals surface area contributed by atoms with Crippen molar-refractivity contribution >= 4 is 11.9 Å². The molecule has 0 radical (unpaired) electrons. The summed E-state index contributed by atoms with van der Waals surface area (Å²) in [7, 11) is 1.36. The van der Waals surface area contributed by atoms with Crippen LogP contribution >= 0.6 is 0 Å². The molecular formula is C24H34O7. The Balaban J connectivity index is 1.84. The largest absolute Gasteiger partial charge is 0.469 e. The standard InChI is InChI=1S/C24H34O7/c1-4-28-19(25)15-24(2)14-18(31-20-12-8-9-13-29-20)22(21(24)23(26)27-3)30-16-17-10-6-5-7-11-17/h5-7,10-11,18,20-22H,4,8-9,12-16H2,1-3H3/t18-,20?,21+,22-,24-/m1/s1. The minimum atomic E-state index is -0.708. The van der Waals surface area contributed by atoms with E-state index in [1.54, 1.807) is 6.92 Å². The molecule has 1 aliphatic heterocycles. The maximum atomic E-state index is 12.9. The Morgan fingerprint density at radius 3 is 2.61 bits per heavy atom. The summed E-state index contributed by atoms with van der Waals surface area (Å²) in [5.74, 6) is -1.39. The molecule has 0 bridgehead atoms. The van der Waals surface area contributed by atoms with E-state index in [1.807, 2.05) is 37.3 Å². The summed E-state index contributed by atoms with van der Waals surface area (Å²) < 4.78 is 28.7. The van der Waals surface area contributed by atoms with Crippen molar-refractivity contribution in [1.82, 2.24) is 0 Å².